The highest BCUT2D eigenvalue weighted by molar-refractivity contribution is 9.11. The van der Waals surface area contributed by atoms with E-state index in [2.05, 4.69) is 21.2 Å². The molecule has 3 nitrogen and oxygen atoms in total. The van der Waals surface area contributed by atoms with Crippen molar-refractivity contribution in [3.8, 4) is 0 Å². The summed E-state index contributed by atoms with van der Waals surface area (Å²) in [6.45, 7) is 2.91. The van der Waals surface area contributed by atoms with E-state index in [1.54, 1.807) is 11.3 Å². The van der Waals surface area contributed by atoms with Gasteiger partial charge in [-0.1, -0.05) is 0 Å². The molecule has 1 heterocycles. The molecule has 1 aromatic heterocycles. The van der Waals surface area contributed by atoms with Crippen LogP contribution in [0.5, 0.6) is 0 Å². The minimum absolute atomic E-state index is 0. The van der Waals surface area contributed by atoms with Crippen LogP contribution in [0.2, 0.25) is 0 Å². The molecule has 1 aromatic rings. The lowest BCUT2D eigenvalue weighted by atomic mass is 10.1. The Morgan fingerprint density at radius 3 is 2.80 bits per heavy atom. The smallest absolute Gasteiger partial charge is 0.228 e. The first kappa shape index (κ1) is 14.9. The van der Waals surface area contributed by atoms with E-state index >= 15 is 0 Å². The highest BCUT2D eigenvalue weighted by Gasteiger charge is 2.15. The van der Waals surface area contributed by atoms with Gasteiger partial charge in [0.1, 0.15) is 0 Å². The maximum Gasteiger partial charge on any atom is 0.228 e. The number of halogens is 2. The Bertz CT molecular complexity index is 319. The van der Waals surface area contributed by atoms with Crippen molar-refractivity contribution in [2.24, 2.45) is 5.73 Å². The van der Waals surface area contributed by atoms with E-state index in [1.807, 2.05) is 19.1 Å². The van der Waals surface area contributed by atoms with Crippen LogP contribution in [0.4, 0.5) is 0 Å². The van der Waals surface area contributed by atoms with Gasteiger partial charge >= 0.3 is 0 Å². The van der Waals surface area contributed by atoms with Gasteiger partial charge < -0.3 is 11.1 Å². The second-order valence-corrected chi connectivity index (χ2v) is 5.44. The summed E-state index contributed by atoms with van der Waals surface area (Å²) in [6, 6.07) is 3.91. The minimum Gasteiger partial charge on any atom is -0.354 e. The number of rotatable bonds is 4. The van der Waals surface area contributed by atoms with E-state index < -0.39 is 0 Å². The van der Waals surface area contributed by atoms with Gasteiger partial charge in [0.2, 0.25) is 5.91 Å². The molecule has 0 bridgehead atoms. The third-order valence-electron chi connectivity index (χ3n) is 1.86. The fraction of sp³-hybridized carbons (Fsp3) is 0.444. The molecule has 0 aliphatic rings. The van der Waals surface area contributed by atoms with Gasteiger partial charge in [-0.2, -0.15) is 0 Å². The SMILES string of the molecule is CC(C(=O)NCCN)c1ccc(Br)s1.Cl. The van der Waals surface area contributed by atoms with Crippen LogP contribution in [-0.2, 0) is 4.79 Å². The van der Waals surface area contributed by atoms with E-state index in [-0.39, 0.29) is 24.2 Å². The molecule has 0 aliphatic carbocycles. The summed E-state index contributed by atoms with van der Waals surface area (Å²) in [5, 5.41) is 2.77. The predicted molar refractivity (Wildman–Crippen MR) is 69.7 cm³/mol. The van der Waals surface area contributed by atoms with Crippen LogP contribution >= 0.6 is 39.7 Å². The highest BCUT2D eigenvalue weighted by Crippen LogP contribution is 2.28. The summed E-state index contributed by atoms with van der Waals surface area (Å²) in [5.74, 6) is -0.0670. The topological polar surface area (TPSA) is 55.1 Å². The fourth-order valence-electron chi connectivity index (χ4n) is 1.04. The van der Waals surface area contributed by atoms with Gasteiger partial charge in [0, 0.05) is 18.0 Å². The molecule has 1 rings (SSSR count). The molecule has 1 amide bonds. The van der Waals surface area contributed by atoms with Crippen LogP contribution in [0.15, 0.2) is 15.9 Å². The Labute approximate surface area is 108 Å². The Hall–Kier alpha value is -0.100. The van der Waals surface area contributed by atoms with Gasteiger partial charge in [0.05, 0.1) is 9.70 Å². The maximum atomic E-state index is 11.5. The second-order valence-electron chi connectivity index (χ2n) is 2.94. The molecule has 0 aliphatic heterocycles. The Morgan fingerprint density at radius 1 is 1.67 bits per heavy atom. The van der Waals surface area contributed by atoms with Crippen LogP contribution in [-0.4, -0.2) is 19.0 Å². The first-order valence-electron chi connectivity index (χ1n) is 4.38. The quantitative estimate of drug-likeness (QED) is 0.894. The number of carbonyl (C=O) groups is 1. The van der Waals surface area contributed by atoms with Crippen molar-refractivity contribution in [3.05, 3.63) is 20.8 Å². The predicted octanol–water partition coefficient (Wildman–Crippen LogP) is 2.11. The summed E-state index contributed by atoms with van der Waals surface area (Å²) >= 11 is 4.95. The van der Waals surface area contributed by atoms with E-state index in [0.717, 1.165) is 8.66 Å². The zero-order valence-electron chi connectivity index (χ0n) is 8.33. The molecule has 3 N–H and O–H groups in total. The lowest BCUT2D eigenvalue weighted by Gasteiger charge is -2.09. The van der Waals surface area contributed by atoms with Gasteiger partial charge in [-0.15, -0.1) is 23.7 Å². The monoisotopic (exact) mass is 312 g/mol. The normalized spacial score (nSPS) is 11.7. The van der Waals surface area contributed by atoms with Crippen LogP contribution in [0.1, 0.15) is 17.7 Å². The molecule has 1 atom stereocenters. The van der Waals surface area contributed by atoms with Crippen molar-refractivity contribution >= 4 is 45.6 Å². The molecule has 0 radical (unpaired) electrons. The summed E-state index contributed by atoms with van der Waals surface area (Å²) < 4.78 is 1.05. The summed E-state index contributed by atoms with van der Waals surface area (Å²) in [7, 11) is 0. The first-order chi connectivity index (χ1) is 6.65. The molecule has 86 valence electrons. The molecular weight excluding hydrogens is 300 g/mol. The average molecular weight is 314 g/mol. The number of nitrogens with one attached hydrogen (secondary N) is 1. The molecule has 0 spiro atoms. The summed E-state index contributed by atoms with van der Waals surface area (Å²) in [6.07, 6.45) is 0. The standard InChI is InChI=1S/C9H13BrN2OS.ClH/c1-6(9(13)12-5-4-11)7-2-3-8(10)14-7;/h2-3,6H,4-5,11H2,1H3,(H,12,13);1H. The minimum atomic E-state index is -0.0992. The van der Waals surface area contributed by atoms with Gasteiger partial charge in [0.15, 0.2) is 0 Å². The number of hydrogen-bond acceptors (Lipinski definition) is 3. The first-order valence-corrected chi connectivity index (χ1v) is 5.99. The summed E-state index contributed by atoms with van der Waals surface area (Å²) in [5.41, 5.74) is 5.30. The average Bonchev–Trinajstić information content (AvgIpc) is 2.60. The van der Waals surface area contributed by atoms with Crippen molar-refractivity contribution in [2.45, 2.75) is 12.8 Å². The zero-order chi connectivity index (χ0) is 10.6. The number of carbonyl (C=O) groups excluding carboxylic acids is 1. The van der Waals surface area contributed by atoms with E-state index in [9.17, 15) is 4.79 Å². The Balaban J connectivity index is 0.00000196. The van der Waals surface area contributed by atoms with Gasteiger partial charge in [-0.25, -0.2) is 0 Å². The fourth-order valence-corrected chi connectivity index (χ4v) is 2.51. The maximum absolute atomic E-state index is 11.5. The van der Waals surface area contributed by atoms with Crippen LogP contribution in [0.25, 0.3) is 0 Å². The molecule has 0 fully saturated rings. The van der Waals surface area contributed by atoms with Crippen molar-refractivity contribution in [1.82, 2.24) is 5.32 Å². The lowest BCUT2D eigenvalue weighted by Crippen LogP contribution is -2.32. The van der Waals surface area contributed by atoms with E-state index in [1.165, 1.54) is 0 Å². The largest absolute Gasteiger partial charge is 0.354 e. The van der Waals surface area contributed by atoms with Gasteiger partial charge in [-0.3, -0.25) is 4.79 Å². The molecule has 0 saturated heterocycles. The van der Waals surface area contributed by atoms with Crippen LogP contribution < -0.4 is 11.1 Å². The molecule has 15 heavy (non-hydrogen) atoms. The van der Waals surface area contributed by atoms with Crippen molar-refractivity contribution in [1.29, 1.82) is 0 Å². The molecule has 6 heteroatoms. The lowest BCUT2D eigenvalue weighted by molar-refractivity contribution is -0.122. The molecule has 0 aromatic carbocycles. The zero-order valence-corrected chi connectivity index (χ0v) is 11.5. The Morgan fingerprint density at radius 2 is 2.33 bits per heavy atom. The van der Waals surface area contributed by atoms with Gasteiger partial charge in [0.25, 0.3) is 0 Å². The van der Waals surface area contributed by atoms with Crippen molar-refractivity contribution in [3.63, 3.8) is 0 Å². The second kappa shape index (κ2) is 7.22. The van der Waals surface area contributed by atoms with Crippen LogP contribution in [0.3, 0.4) is 0 Å². The van der Waals surface area contributed by atoms with Crippen molar-refractivity contribution in [2.75, 3.05) is 13.1 Å². The number of thiophene rings is 1. The molecule has 1 unspecified atom stereocenters. The van der Waals surface area contributed by atoms with Crippen LogP contribution in [0, 0.1) is 0 Å². The number of hydrogen-bond donors (Lipinski definition) is 2. The molecule has 0 saturated carbocycles. The third-order valence-corrected chi connectivity index (χ3v) is 3.66. The highest BCUT2D eigenvalue weighted by atomic mass is 79.9. The van der Waals surface area contributed by atoms with E-state index in [4.69, 9.17) is 5.73 Å². The third kappa shape index (κ3) is 4.51. The van der Waals surface area contributed by atoms with Gasteiger partial charge in [-0.05, 0) is 35.0 Å². The van der Waals surface area contributed by atoms with Crippen molar-refractivity contribution < 1.29 is 4.79 Å². The molecular formula is C9H14BrClN2OS. The summed E-state index contributed by atoms with van der Waals surface area (Å²) in [4.78, 5) is 12.6. The van der Waals surface area contributed by atoms with E-state index in [0.29, 0.717) is 13.1 Å². The number of nitrogens with two attached hydrogens (primary N) is 1. The Kier molecular flexibility index (Phi) is 7.17. The number of amides is 1.